The first-order valence-electron chi connectivity index (χ1n) is 8.53. The Morgan fingerprint density at radius 3 is 2.61 bits per heavy atom. The average molecular weight is 406 g/mol. The van der Waals surface area contributed by atoms with Crippen LogP contribution >= 0.6 is 11.6 Å². The molecule has 5 nitrogen and oxygen atoms in total. The van der Waals surface area contributed by atoms with Gasteiger partial charge in [-0.3, -0.25) is 4.98 Å². The summed E-state index contributed by atoms with van der Waals surface area (Å²) >= 11 is 5.89. The van der Waals surface area contributed by atoms with Crippen molar-refractivity contribution < 1.29 is 18.3 Å². The third kappa shape index (κ3) is 4.67. The van der Waals surface area contributed by atoms with E-state index >= 15 is 0 Å². The zero-order chi connectivity index (χ0) is 20.1. The van der Waals surface area contributed by atoms with Crippen LogP contribution in [0, 0.1) is 11.6 Å². The van der Waals surface area contributed by atoms with Crippen molar-refractivity contribution in [3.05, 3.63) is 76.7 Å². The highest BCUT2D eigenvalue weighted by Gasteiger charge is 2.21. The van der Waals surface area contributed by atoms with Gasteiger partial charge in [0.2, 0.25) is 0 Å². The molecule has 0 radical (unpaired) electrons. The fourth-order valence-electron chi connectivity index (χ4n) is 2.61. The van der Waals surface area contributed by atoms with Crippen molar-refractivity contribution in [1.82, 2.24) is 9.97 Å². The molecular formula is C20H18ClF2N3O2. The Kier molecular flexibility index (Phi) is 6.26. The van der Waals surface area contributed by atoms with E-state index in [1.54, 1.807) is 25.4 Å². The van der Waals surface area contributed by atoms with Crippen LogP contribution in [0.15, 0.2) is 48.9 Å². The van der Waals surface area contributed by atoms with E-state index < -0.39 is 17.7 Å². The second-order valence-corrected chi connectivity index (χ2v) is 6.40. The normalized spacial score (nSPS) is 11.9. The van der Waals surface area contributed by atoms with Gasteiger partial charge in [-0.2, -0.15) is 0 Å². The first-order chi connectivity index (χ1) is 13.5. The monoisotopic (exact) mass is 405 g/mol. The lowest BCUT2D eigenvalue weighted by Crippen LogP contribution is -2.10. The summed E-state index contributed by atoms with van der Waals surface area (Å²) in [5, 5.41) is -0.330. The molecule has 0 amide bonds. The molecule has 0 bridgehead atoms. The summed E-state index contributed by atoms with van der Waals surface area (Å²) in [6.07, 6.45) is 4.69. The molecule has 2 aromatic heterocycles. The number of aromatic nitrogens is 2. The molecule has 1 atom stereocenters. The van der Waals surface area contributed by atoms with Crippen LogP contribution in [0.25, 0.3) is 0 Å². The number of nitrogens with zero attached hydrogens (tertiary/aromatic N) is 2. The van der Waals surface area contributed by atoms with E-state index in [9.17, 15) is 8.78 Å². The molecule has 0 aliphatic rings. The maximum Gasteiger partial charge on any atom is 0.166 e. The van der Waals surface area contributed by atoms with Crippen molar-refractivity contribution in [2.75, 3.05) is 12.3 Å². The summed E-state index contributed by atoms with van der Waals surface area (Å²) in [4.78, 5) is 7.99. The van der Waals surface area contributed by atoms with Gasteiger partial charge in [0, 0.05) is 30.4 Å². The number of nitrogens with two attached hydrogens (primary N) is 1. The maximum absolute atomic E-state index is 14.1. The largest absolute Gasteiger partial charge is 0.491 e. The Balaban J connectivity index is 1.70. The van der Waals surface area contributed by atoms with Gasteiger partial charge in [0.1, 0.15) is 23.5 Å². The van der Waals surface area contributed by atoms with Crippen molar-refractivity contribution in [3.63, 3.8) is 0 Å². The Hall–Kier alpha value is -2.93. The molecule has 0 fully saturated rings. The molecule has 0 saturated heterocycles. The predicted octanol–water partition coefficient (Wildman–Crippen LogP) is 4.75. The molecule has 1 unspecified atom stereocenters. The summed E-state index contributed by atoms with van der Waals surface area (Å²) in [5.41, 5.74) is 6.83. The van der Waals surface area contributed by atoms with Gasteiger partial charge in [-0.1, -0.05) is 11.6 Å². The van der Waals surface area contributed by atoms with Crippen LogP contribution in [-0.2, 0) is 6.42 Å². The van der Waals surface area contributed by atoms with Crippen LogP contribution in [-0.4, -0.2) is 16.6 Å². The maximum atomic E-state index is 14.1. The highest BCUT2D eigenvalue weighted by atomic mass is 35.5. The molecule has 3 aromatic rings. The van der Waals surface area contributed by atoms with Gasteiger partial charge < -0.3 is 15.2 Å². The number of hydrogen-bond acceptors (Lipinski definition) is 5. The van der Waals surface area contributed by atoms with Gasteiger partial charge in [0.05, 0.1) is 17.8 Å². The van der Waals surface area contributed by atoms with Crippen LogP contribution < -0.4 is 15.2 Å². The minimum absolute atomic E-state index is 0.0925. The lowest BCUT2D eigenvalue weighted by atomic mass is 10.1. The minimum atomic E-state index is -0.889. The Morgan fingerprint density at radius 1 is 1.14 bits per heavy atom. The molecule has 3 rings (SSSR count). The van der Waals surface area contributed by atoms with E-state index in [2.05, 4.69) is 9.97 Å². The zero-order valence-electron chi connectivity index (χ0n) is 15.0. The summed E-state index contributed by atoms with van der Waals surface area (Å²) in [5.74, 6) is -0.672. The summed E-state index contributed by atoms with van der Waals surface area (Å²) in [6.45, 7) is 1.95. The van der Waals surface area contributed by atoms with E-state index in [1.807, 2.05) is 12.1 Å². The first-order valence-corrected chi connectivity index (χ1v) is 8.90. The molecule has 2 heterocycles. The number of pyridine rings is 2. The molecule has 28 heavy (non-hydrogen) atoms. The SMILES string of the molecule is CC(Oc1cc(OCCc2ccncc2)cnc1N)c1c(F)ccc(F)c1Cl. The molecule has 0 spiro atoms. The molecule has 0 aliphatic carbocycles. The van der Waals surface area contributed by atoms with Gasteiger partial charge in [0.25, 0.3) is 0 Å². The Bertz CT molecular complexity index is 958. The van der Waals surface area contributed by atoms with Crippen LogP contribution in [0.5, 0.6) is 11.5 Å². The lowest BCUT2D eigenvalue weighted by molar-refractivity contribution is 0.219. The highest BCUT2D eigenvalue weighted by molar-refractivity contribution is 6.31. The van der Waals surface area contributed by atoms with Gasteiger partial charge in [-0.05, 0) is 36.8 Å². The van der Waals surface area contributed by atoms with Crippen LogP contribution in [0.4, 0.5) is 14.6 Å². The topological polar surface area (TPSA) is 70.3 Å². The van der Waals surface area contributed by atoms with E-state index in [4.69, 9.17) is 26.8 Å². The van der Waals surface area contributed by atoms with Crippen LogP contribution in [0.1, 0.15) is 24.2 Å². The van der Waals surface area contributed by atoms with E-state index in [0.717, 1.165) is 17.7 Å². The lowest BCUT2D eigenvalue weighted by Gasteiger charge is -2.18. The molecule has 2 N–H and O–H groups in total. The smallest absolute Gasteiger partial charge is 0.166 e. The average Bonchev–Trinajstić information content (AvgIpc) is 2.68. The Morgan fingerprint density at radius 2 is 1.86 bits per heavy atom. The molecule has 8 heteroatoms. The fraction of sp³-hybridized carbons (Fsp3) is 0.200. The fourth-order valence-corrected chi connectivity index (χ4v) is 2.92. The van der Waals surface area contributed by atoms with Gasteiger partial charge in [0.15, 0.2) is 11.6 Å². The number of rotatable bonds is 7. The van der Waals surface area contributed by atoms with Crippen molar-refractivity contribution in [1.29, 1.82) is 0 Å². The van der Waals surface area contributed by atoms with E-state index in [-0.39, 0.29) is 22.2 Å². The van der Waals surface area contributed by atoms with Gasteiger partial charge in [-0.25, -0.2) is 13.8 Å². The second kappa shape index (κ2) is 8.84. The van der Waals surface area contributed by atoms with Crippen molar-refractivity contribution in [2.24, 2.45) is 0 Å². The zero-order valence-corrected chi connectivity index (χ0v) is 15.8. The van der Waals surface area contributed by atoms with E-state index in [1.165, 1.54) is 6.20 Å². The third-order valence-electron chi connectivity index (χ3n) is 4.06. The van der Waals surface area contributed by atoms with Gasteiger partial charge >= 0.3 is 0 Å². The summed E-state index contributed by atoms with van der Waals surface area (Å²) in [6, 6.07) is 7.31. The summed E-state index contributed by atoms with van der Waals surface area (Å²) < 4.78 is 39.1. The van der Waals surface area contributed by atoms with Crippen LogP contribution in [0.2, 0.25) is 5.02 Å². The molecule has 0 saturated carbocycles. The highest BCUT2D eigenvalue weighted by Crippen LogP contribution is 2.34. The molecular weight excluding hydrogens is 388 g/mol. The number of hydrogen-bond donors (Lipinski definition) is 1. The number of benzene rings is 1. The molecule has 0 aliphatic heterocycles. The standard InChI is InChI=1S/C20H18ClF2N3O2/c1-12(18-15(22)2-3-16(23)19(18)21)28-17-10-14(11-26-20(17)24)27-9-6-13-4-7-25-8-5-13/h2-5,7-8,10-12H,6,9H2,1H3,(H2,24,26). The number of ether oxygens (including phenoxy) is 2. The van der Waals surface area contributed by atoms with Crippen LogP contribution in [0.3, 0.4) is 0 Å². The summed E-state index contributed by atoms with van der Waals surface area (Å²) in [7, 11) is 0. The minimum Gasteiger partial charge on any atom is -0.491 e. The van der Waals surface area contributed by atoms with E-state index in [0.29, 0.717) is 18.8 Å². The third-order valence-corrected chi connectivity index (χ3v) is 4.44. The quantitative estimate of drug-likeness (QED) is 0.574. The van der Waals surface area contributed by atoms with Crippen molar-refractivity contribution >= 4 is 17.4 Å². The number of nitrogen functional groups attached to an aromatic ring is 1. The second-order valence-electron chi connectivity index (χ2n) is 6.03. The number of halogens is 3. The number of anilines is 1. The van der Waals surface area contributed by atoms with Crippen molar-refractivity contribution in [2.45, 2.75) is 19.4 Å². The van der Waals surface area contributed by atoms with Gasteiger partial charge in [-0.15, -0.1) is 0 Å². The molecule has 146 valence electrons. The Labute approximate surface area is 166 Å². The predicted molar refractivity (Wildman–Crippen MR) is 102 cm³/mol. The first kappa shape index (κ1) is 19.8. The van der Waals surface area contributed by atoms with Crippen molar-refractivity contribution in [3.8, 4) is 11.5 Å². The molecule has 1 aromatic carbocycles.